The van der Waals surface area contributed by atoms with E-state index in [1.165, 1.54) is 4.68 Å². The predicted molar refractivity (Wildman–Crippen MR) is 107 cm³/mol. The molecule has 0 amide bonds. The zero-order valence-corrected chi connectivity index (χ0v) is 15.4. The summed E-state index contributed by atoms with van der Waals surface area (Å²) in [5.41, 5.74) is 7.12. The zero-order valence-electron chi connectivity index (χ0n) is 15.4. The molecule has 2 aromatic carbocycles. The molecule has 0 aliphatic heterocycles. The van der Waals surface area contributed by atoms with Crippen LogP contribution in [0.15, 0.2) is 59.4 Å². The van der Waals surface area contributed by atoms with Crippen LogP contribution in [0.4, 0.5) is 5.95 Å². The third kappa shape index (κ3) is 3.29. The summed E-state index contributed by atoms with van der Waals surface area (Å²) in [4.78, 5) is 26.7. The maximum absolute atomic E-state index is 13.2. The molecule has 0 saturated heterocycles. The lowest BCUT2D eigenvalue weighted by Crippen LogP contribution is -2.30. The number of hydrogen-bond acceptors (Lipinski definition) is 5. The molecule has 2 aromatic heterocycles. The van der Waals surface area contributed by atoms with Gasteiger partial charge < -0.3 is 0 Å². The minimum Gasteiger partial charge on any atom is -0.267 e. The first-order valence-electron chi connectivity index (χ1n) is 8.69. The SMILES string of the molecule is Cc1ccc(-c2nc3ccccc3c(=O)n2Nc2nc(C)cc(C)n2)cc1. The van der Waals surface area contributed by atoms with Crippen LogP contribution >= 0.6 is 0 Å². The summed E-state index contributed by atoms with van der Waals surface area (Å²) >= 11 is 0. The number of benzene rings is 2. The minimum absolute atomic E-state index is 0.195. The number of nitrogens with one attached hydrogen (secondary N) is 1. The molecule has 0 unspecified atom stereocenters. The number of anilines is 1. The van der Waals surface area contributed by atoms with E-state index in [0.717, 1.165) is 22.5 Å². The first kappa shape index (κ1) is 16.9. The molecule has 0 aliphatic carbocycles. The Morgan fingerprint density at radius 3 is 2.22 bits per heavy atom. The molecule has 0 saturated carbocycles. The molecule has 1 N–H and O–H groups in total. The maximum Gasteiger partial charge on any atom is 0.280 e. The van der Waals surface area contributed by atoms with Crippen LogP contribution in [0.25, 0.3) is 22.3 Å². The summed E-state index contributed by atoms with van der Waals surface area (Å²) in [6.07, 6.45) is 0. The summed E-state index contributed by atoms with van der Waals surface area (Å²) in [5.74, 6) is 0.876. The van der Waals surface area contributed by atoms with Gasteiger partial charge in [-0.2, -0.15) is 4.68 Å². The number of aryl methyl sites for hydroxylation is 3. The van der Waals surface area contributed by atoms with Crippen LogP contribution in [0, 0.1) is 20.8 Å². The molecule has 27 heavy (non-hydrogen) atoms. The van der Waals surface area contributed by atoms with E-state index in [9.17, 15) is 4.79 Å². The van der Waals surface area contributed by atoms with Crippen molar-refractivity contribution in [3.63, 3.8) is 0 Å². The highest BCUT2D eigenvalue weighted by atomic mass is 16.1. The van der Waals surface area contributed by atoms with Gasteiger partial charge >= 0.3 is 0 Å². The second-order valence-corrected chi connectivity index (χ2v) is 6.55. The van der Waals surface area contributed by atoms with Crippen LogP contribution in [0.3, 0.4) is 0 Å². The first-order valence-corrected chi connectivity index (χ1v) is 8.69. The molecule has 6 heteroatoms. The van der Waals surface area contributed by atoms with Crippen LogP contribution in [-0.2, 0) is 0 Å². The minimum atomic E-state index is -0.195. The number of hydrogen-bond donors (Lipinski definition) is 1. The Hall–Kier alpha value is -3.54. The molecule has 0 bridgehead atoms. The molecule has 0 fully saturated rings. The lowest BCUT2D eigenvalue weighted by atomic mass is 10.1. The largest absolute Gasteiger partial charge is 0.280 e. The molecule has 4 rings (SSSR count). The number of nitrogens with zero attached hydrogens (tertiary/aromatic N) is 4. The fourth-order valence-corrected chi connectivity index (χ4v) is 3.01. The zero-order chi connectivity index (χ0) is 19.0. The number of fused-ring (bicyclic) bond motifs is 1. The van der Waals surface area contributed by atoms with Crippen molar-refractivity contribution in [2.24, 2.45) is 0 Å². The van der Waals surface area contributed by atoms with Crippen LogP contribution < -0.4 is 11.0 Å². The molecule has 6 nitrogen and oxygen atoms in total. The summed E-state index contributed by atoms with van der Waals surface area (Å²) in [7, 11) is 0. The van der Waals surface area contributed by atoms with E-state index >= 15 is 0 Å². The number of para-hydroxylation sites is 1. The van der Waals surface area contributed by atoms with Gasteiger partial charge in [0.05, 0.1) is 10.9 Å². The lowest BCUT2D eigenvalue weighted by Gasteiger charge is -2.15. The number of rotatable bonds is 3. The highest BCUT2D eigenvalue weighted by molar-refractivity contribution is 5.79. The second-order valence-electron chi connectivity index (χ2n) is 6.55. The average Bonchev–Trinajstić information content (AvgIpc) is 2.64. The van der Waals surface area contributed by atoms with Gasteiger partial charge in [-0.3, -0.25) is 10.2 Å². The van der Waals surface area contributed by atoms with Crippen molar-refractivity contribution < 1.29 is 0 Å². The third-order valence-corrected chi connectivity index (χ3v) is 4.28. The molecule has 134 valence electrons. The van der Waals surface area contributed by atoms with Gasteiger partial charge in [0.1, 0.15) is 0 Å². The molecule has 0 atom stereocenters. The Balaban J connectivity index is 1.96. The van der Waals surface area contributed by atoms with Gasteiger partial charge in [0.15, 0.2) is 5.82 Å². The van der Waals surface area contributed by atoms with Gasteiger partial charge in [-0.25, -0.2) is 15.0 Å². The molecule has 0 spiro atoms. The predicted octanol–water partition coefficient (Wildman–Crippen LogP) is 3.65. The summed E-state index contributed by atoms with van der Waals surface area (Å²) in [5, 5.41) is 0.533. The third-order valence-electron chi connectivity index (χ3n) is 4.28. The average molecular weight is 357 g/mol. The van der Waals surface area contributed by atoms with Crippen LogP contribution in [-0.4, -0.2) is 19.6 Å². The van der Waals surface area contributed by atoms with Crippen molar-refractivity contribution >= 4 is 16.9 Å². The Labute approximate surface area is 156 Å². The molecule has 2 heterocycles. The topological polar surface area (TPSA) is 72.7 Å². The van der Waals surface area contributed by atoms with E-state index in [2.05, 4.69) is 15.4 Å². The van der Waals surface area contributed by atoms with Crippen molar-refractivity contribution in [3.05, 3.63) is 81.9 Å². The van der Waals surface area contributed by atoms with Crippen molar-refractivity contribution in [1.82, 2.24) is 19.6 Å². The Bertz CT molecular complexity index is 1180. The molecular weight excluding hydrogens is 338 g/mol. The molecular formula is C21H19N5O. The van der Waals surface area contributed by atoms with E-state index < -0.39 is 0 Å². The quantitative estimate of drug-likeness (QED) is 0.606. The first-order chi connectivity index (χ1) is 13.0. The van der Waals surface area contributed by atoms with Gasteiger partial charge in [0.25, 0.3) is 5.56 Å². The highest BCUT2D eigenvalue weighted by Crippen LogP contribution is 2.19. The molecule has 0 aliphatic rings. The van der Waals surface area contributed by atoms with Crippen molar-refractivity contribution in [1.29, 1.82) is 0 Å². The monoisotopic (exact) mass is 357 g/mol. The van der Waals surface area contributed by atoms with E-state index in [0.29, 0.717) is 22.7 Å². The fourth-order valence-electron chi connectivity index (χ4n) is 3.01. The fraction of sp³-hybridized carbons (Fsp3) is 0.143. The van der Waals surface area contributed by atoms with Crippen molar-refractivity contribution in [2.45, 2.75) is 20.8 Å². The molecule has 4 aromatic rings. The Morgan fingerprint density at radius 1 is 0.852 bits per heavy atom. The van der Waals surface area contributed by atoms with Crippen molar-refractivity contribution in [2.75, 3.05) is 5.43 Å². The van der Waals surface area contributed by atoms with Gasteiger partial charge in [0.2, 0.25) is 5.95 Å². The van der Waals surface area contributed by atoms with Crippen molar-refractivity contribution in [3.8, 4) is 11.4 Å². The van der Waals surface area contributed by atoms with Crippen LogP contribution in [0.2, 0.25) is 0 Å². The summed E-state index contributed by atoms with van der Waals surface area (Å²) < 4.78 is 1.42. The Kier molecular flexibility index (Phi) is 4.16. The van der Waals surface area contributed by atoms with E-state index in [-0.39, 0.29) is 5.56 Å². The van der Waals surface area contributed by atoms with Crippen LogP contribution in [0.1, 0.15) is 17.0 Å². The Morgan fingerprint density at radius 2 is 1.52 bits per heavy atom. The van der Waals surface area contributed by atoms with E-state index in [1.807, 2.05) is 69.3 Å². The summed E-state index contributed by atoms with van der Waals surface area (Å²) in [6.45, 7) is 5.80. The van der Waals surface area contributed by atoms with Gasteiger partial charge in [0, 0.05) is 17.0 Å². The summed E-state index contributed by atoms with van der Waals surface area (Å²) in [6, 6.07) is 17.1. The van der Waals surface area contributed by atoms with Gasteiger partial charge in [-0.1, -0.05) is 42.0 Å². The van der Waals surface area contributed by atoms with E-state index in [1.54, 1.807) is 6.07 Å². The smallest absolute Gasteiger partial charge is 0.267 e. The second kappa shape index (κ2) is 6.64. The molecule has 0 radical (unpaired) electrons. The van der Waals surface area contributed by atoms with Crippen LogP contribution in [0.5, 0.6) is 0 Å². The van der Waals surface area contributed by atoms with Gasteiger partial charge in [-0.05, 0) is 39.0 Å². The lowest BCUT2D eigenvalue weighted by molar-refractivity contribution is 0.858. The van der Waals surface area contributed by atoms with Gasteiger partial charge in [-0.15, -0.1) is 0 Å². The maximum atomic E-state index is 13.2. The normalized spacial score (nSPS) is 10.9. The standard InChI is InChI=1S/C21H19N5O/c1-13-8-10-16(11-9-13)19-24-18-7-5-4-6-17(18)20(27)26(19)25-21-22-14(2)12-15(3)23-21/h4-12H,1-3H3,(H,22,23,25). The number of aromatic nitrogens is 4. The highest BCUT2D eigenvalue weighted by Gasteiger charge is 2.14. The van der Waals surface area contributed by atoms with E-state index in [4.69, 9.17) is 4.98 Å².